The first-order valence-electron chi connectivity index (χ1n) is 9.59. The second-order valence-electron chi connectivity index (χ2n) is 6.91. The minimum Gasteiger partial charge on any atom is -0.508 e. The van der Waals surface area contributed by atoms with Crippen LogP contribution in [0, 0.1) is 0 Å². The number of amides is 1. The zero-order valence-electron chi connectivity index (χ0n) is 16.7. The maximum absolute atomic E-state index is 13.0. The summed E-state index contributed by atoms with van der Waals surface area (Å²) >= 11 is 0. The lowest BCUT2D eigenvalue weighted by atomic mass is 9.97. The number of morpholine rings is 1. The second-order valence-corrected chi connectivity index (χ2v) is 6.91. The Balaban J connectivity index is 1.82. The molecule has 7 nitrogen and oxygen atoms in total. The van der Waals surface area contributed by atoms with E-state index >= 15 is 0 Å². The zero-order valence-corrected chi connectivity index (χ0v) is 16.7. The van der Waals surface area contributed by atoms with Crippen LogP contribution in [0.2, 0.25) is 0 Å². The van der Waals surface area contributed by atoms with Gasteiger partial charge >= 0.3 is 0 Å². The monoisotopic (exact) mass is 401 g/mol. The van der Waals surface area contributed by atoms with Gasteiger partial charge < -0.3 is 29.3 Å². The number of hydrogen-bond donors (Lipinski definition) is 2. The van der Waals surface area contributed by atoms with Gasteiger partial charge in [-0.05, 0) is 41.8 Å². The van der Waals surface area contributed by atoms with E-state index in [1.807, 2.05) is 18.2 Å². The number of aliphatic hydroxyl groups excluding tert-OH is 1. The predicted molar refractivity (Wildman–Crippen MR) is 107 cm³/mol. The highest BCUT2D eigenvalue weighted by molar-refractivity contribution is 5.77. The molecule has 7 heteroatoms. The Bertz CT molecular complexity index is 840. The van der Waals surface area contributed by atoms with Crippen molar-refractivity contribution in [2.45, 2.75) is 25.0 Å². The number of aliphatic hydroxyl groups is 1. The number of nitrogens with zero attached hydrogens (tertiary/aromatic N) is 1. The van der Waals surface area contributed by atoms with Crippen LogP contribution in [0.15, 0.2) is 42.5 Å². The molecule has 1 aliphatic rings. The number of aromatic hydroxyl groups is 1. The van der Waals surface area contributed by atoms with E-state index in [0.717, 1.165) is 11.1 Å². The minimum atomic E-state index is -0.522. The van der Waals surface area contributed by atoms with E-state index in [2.05, 4.69) is 0 Å². The summed E-state index contributed by atoms with van der Waals surface area (Å²) in [5, 5.41) is 19.5. The third kappa shape index (κ3) is 4.81. The fourth-order valence-corrected chi connectivity index (χ4v) is 3.70. The molecule has 1 aliphatic heterocycles. The first-order valence-corrected chi connectivity index (χ1v) is 9.59. The van der Waals surface area contributed by atoms with Crippen LogP contribution < -0.4 is 9.47 Å². The second kappa shape index (κ2) is 9.62. The van der Waals surface area contributed by atoms with Crippen molar-refractivity contribution in [3.63, 3.8) is 0 Å². The number of carbonyl (C=O) groups excluding carboxylic acids is 1. The van der Waals surface area contributed by atoms with Gasteiger partial charge in [0.2, 0.25) is 5.91 Å². The number of benzene rings is 2. The van der Waals surface area contributed by atoms with Gasteiger partial charge in [-0.1, -0.05) is 18.2 Å². The van der Waals surface area contributed by atoms with Crippen molar-refractivity contribution >= 4 is 5.91 Å². The van der Waals surface area contributed by atoms with E-state index in [1.54, 1.807) is 43.4 Å². The number of phenolic OH excluding ortho intramolecular Hbond substituents is 1. The number of ether oxygens (including phenoxy) is 3. The van der Waals surface area contributed by atoms with Crippen molar-refractivity contribution < 1.29 is 29.2 Å². The number of aryl methyl sites for hydroxylation is 1. The van der Waals surface area contributed by atoms with Crippen LogP contribution in [-0.4, -0.2) is 61.1 Å². The fourth-order valence-electron chi connectivity index (χ4n) is 3.70. The van der Waals surface area contributed by atoms with Gasteiger partial charge in [0.05, 0.1) is 33.5 Å². The quantitative estimate of drug-likeness (QED) is 0.740. The number of methoxy groups -OCH3 is 2. The molecule has 0 bridgehead atoms. The Labute approximate surface area is 170 Å². The van der Waals surface area contributed by atoms with Crippen molar-refractivity contribution in [1.29, 1.82) is 0 Å². The van der Waals surface area contributed by atoms with E-state index in [0.29, 0.717) is 37.5 Å². The highest BCUT2D eigenvalue weighted by Crippen LogP contribution is 2.36. The number of hydrogen-bond acceptors (Lipinski definition) is 6. The maximum atomic E-state index is 13.0. The number of rotatable bonds is 7. The van der Waals surface area contributed by atoms with Crippen LogP contribution in [0.1, 0.15) is 23.6 Å². The Morgan fingerprint density at radius 2 is 1.97 bits per heavy atom. The van der Waals surface area contributed by atoms with Crippen molar-refractivity contribution in [2.24, 2.45) is 0 Å². The summed E-state index contributed by atoms with van der Waals surface area (Å²) in [5.41, 5.74) is 1.71. The summed E-state index contributed by atoms with van der Waals surface area (Å²) in [4.78, 5) is 14.8. The topological polar surface area (TPSA) is 88.5 Å². The van der Waals surface area contributed by atoms with Crippen LogP contribution in [0.3, 0.4) is 0 Å². The minimum absolute atomic E-state index is 0.0325. The zero-order chi connectivity index (χ0) is 20.8. The molecule has 2 N–H and O–H groups in total. The lowest BCUT2D eigenvalue weighted by Crippen LogP contribution is -2.49. The number of carbonyl (C=O) groups is 1. The lowest BCUT2D eigenvalue weighted by Gasteiger charge is -2.41. The van der Waals surface area contributed by atoms with Gasteiger partial charge in [0.1, 0.15) is 11.9 Å². The SMILES string of the molecule is COc1ccc([C@@H]2[C@@H](CO)OCCN2C(=O)CCc2cccc(O)c2)cc1OC. The van der Waals surface area contributed by atoms with Crippen molar-refractivity contribution in [1.82, 2.24) is 4.90 Å². The summed E-state index contributed by atoms with van der Waals surface area (Å²) in [5.74, 6) is 1.30. The lowest BCUT2D eigenvalue weighted by molar-refractivity contribution is -0.149. The molecule has 3 rings (SSSR count). The van der Waals surface area contributed by atoms with Crippen LogP contribution >= 0.6 is 0 Å². The van der Waals surface area contributed by atoms with Gasteiger partial charge in [0, 0.05) is 13.0 Å². The normalized spacial score (nSPS) is 19.1. The van der Waals surface area contributed by atoms with Crippen molar-refractivity contribution in [3.8, 4) is 17.2 Å². The third-order valence-electron chi connectivity index (χ3n) is 5.14. The summed E-state index contributed by atoms with van der Waals surface area (Å²) in [7, 11) is 3.12. The van der Waals surface area contributed by atoms with E-state index in [-0.39, 0.29) is 18.3 Å². The molecule has 2 aromatic rings. The molecule has 1 fully saturated rings. The van der Waals surface area contributed by atoms with Crippen LogP contribution in [-0.2, 0) is 16.0 Å². The molecule has 0 saturated carbocycles. The molecular weight excluding hydrogens is 374 g/mol. The summed E-state index contributed by atoms with van der Waals surface area (Å²) in [6.07, 6.45) is 0.296. The first kappa shape index (κ1) is 21.0. The van der Waals surface area contributed by atoms with Crippen LogP contribution in [0.25, 0.3) is 0 Å². The molecular formula is C22H27NO6. The van der Waals surface area contributed by atoms with E-state index in [4.69, 9.17) is 14.2 Å². The average Bonchev–Trinajstić information content (AvgIpc) is 2.76. The van der Waals surface area contributed by atoms with Gasteiger partial charge in [-0.25, -0.2) is 0 Å². The molecule has 0 radical (unpaired) electrons. The Kier molecular flexibility index (Phi) is 6.95. The number of phenols is 1. The van der Waals surface area contributed by atoms with Crippen LogP contribution in [0.4, 0.5) is 0 Å². The van der Waals surface area contributed by atoms with Gasteiger partial charge in [-0.3, -0.25) is 4.79 Å². The Morgan fingerprint density at radius 3 is 2.66 bits per heavy atom. The van der Waals surface area contributed by atoms with Crippen molar-refractivity contribution in [2.75, 3.05) is 34.0 Å². The smallest absolute Gasteiger partial charge is 0.223 e. The molecule has 2 atom stereocenters. The molecule has 1 saturated heterocycles. The molecule has 1 amide bonds. The van der Waals surface area contributed by atoms with Crippen LogP contribution in [0.5, 0.6) is 17.2 Å². The standard InChI is InChI=1S/C22H27NO6/c1-27-18-8-7-16(13-19(18)28-2)22-20(14-24)29-11-10-23(22)21(26)9-6-15-4-3-5-17(25)12-15/h3-5,7-8,12-13,20,22,24-25H,6,9-11,14H2,1-2H3/t20-,22-/m1/s1. The Morgan fingerprint density at radius 1 is 1.17 bits per heavy atom. The highest BCUT2D eigenvalue weighted by Gasteiger charge is 2.36. The molecule has 156 valence electrons. The summed E-state index contributed by atoms with van der Waals surface area (Å²) in [6, 6.07) is 11.9. The molecule has 29 heavy (non-hydrogen) atoms. The van der Waals surface area contributed by atoms with Gasteiger partial charge in [-0.15, -0.1) is 0 Å². The molecule has 0 unspecified atom stereocenters. The van der Waals surface area contributed by atoms with E-state index in [9.17, 15) is 15.0 Å². The maximum Gasteiger partial charge on any atom is 0.223 e. The molecule has 2 aromatic carbocycles. The average molecular weight is 401 g/mol. The van der Waals surface area contributed by atoms with Crippen molar-refractivity contribution in [3.05, 3.63) is 53.6 Å². The third-order valence-corrected chi connectivity index (χ3v) is 5.14. The Hall–Kier alpha value is -2.77. The summed E-state index contributed by atoms with van der Waals surface area (Å²) < 4.78 is 16.4. The fraction of sp³-hybridized carbons (Fsp3) is 0.409. The molecule has 0 aromatic heterocycles. The van der Waals surface area contributed by atoms with Gasteiger partial charge in [0.25, 0.3) is 0 Å². The molecule has 0 aliphatic carbocycles. The van der Waals surface area contributed by atoms with Gasteiger partial charge in [-0.2, -0.15) is 0 Å². The van der Waals surface area contributed by atoms with E-state index < -0.39 is 12.1 Å². The first-order chi connectivity index (χ1) is 14.1. The largest absolute Gasteiger partial charge is 0.508 e. The highest BCUT2D eigenvalue weighted by atomic mass is 16.5. The summed E-state index contributed by atoms with van der Waals surface area (Å²) in [6.45, 7) is 0.608. The predicted octanol–water partition coefficient (Wildman–Crippen LogP) is 2.30. The van der Waals surface area contributed by atoms with E-state index in [1.165, 1.54) is 0 Å². The van der Waals surface area contributed by atoms with Gasteiger partial charge in [0.15, 0.2) is 11.5 Å². The molecule has 1 heterocycles. The molecule has 0 spiro atoms.